The fraction of sp³-hybridized carbons (Fsp3) is 0.457. The standard InChI is InChI=1S/C35H44O8/c1-5-8-10-12-14-30(31-24-25(4)34(37)42-31)39-27-18-16-26(17-19-27)35(38)41-29-22-20-28(21-23-29)40-33(43-32(36)7-3)15-13-11-9-6-2/h7,16-23,30-31,33H,3-6,8-15,24H2,1-2H3. The Labute approximate surface area is 255 Å². The zero-order chi connectivity index (χ0) is 31.0. The van der Waals surface area contributed by atoms with Gasteiger partial charge in [0.25, 0.3) is 0 Å². The van der Waals surface area contributed by atoms with Crippen LogP contribution in [0.15, 0.2) is 73.3 Å². The van der Waals surface area contributed by atoms with Gasteiger partial charge >= 0.3 is 17.9 Å². The van der Waals surface area contributed by atoms with Crippen LogP contribution in [0.25, 0.3) is 0 Å². The third kappa shape index (κ3) is 11.3. The molecule has 1 heterocycles. The first-order valence-corrected chi connectivity index (χ1v) is 15.3. The SMILES string of the molecule is C=CC(=O)OC(CCCCCC)Oc1ccc(OC(=O)c2ccc(OC(CCCCCC)C3CC(=C)C(=O)O3)cc2)cc1. The lowest BCUT2D eigenvalue weighted by Crippen LogP contribution is -2.31. The second-order valence-corrected chi connectivity index (χ2v) is 10.7. The quantitative estimate of drug-likeness (QED) is 0.0534. The molecule has 8 heteroatoms. The molecule has 1 aliphatic heterocycles. The Morgan fingerprint density at radius 3 is 2.02 bits per heavy atom. The van der Waals surface area contributed by atoms with E-state index in [1.807, 2.05) is 0 Å². The fourth-order valence-corrected chi connectivity index (χ4v) is 4.69. The van der Waals surface area contributed by atoms with Gasteiger partial charge in [-0.15, -0.1) is 0 Å². The molecule has 0 radical (unpaired) electrons. The van der Waals surface area contributed by atoms with Gasteiger partial charge in [0, 0.05) is 24.5 Å². The summed E-state index contributed by atoms with van der Waals surface area (Å²) in [5.74, 6) is -0.0318. The molecule has 2 aromatic carbocycles. The summed E-state index contributed by atoms with van der Waals surface area (Å²) in [7, 11) is 0. The summed E-state index contributed by atoms with van der Waals surface area (Å²) in [6, 6.07) is 13.3. The van der Waals surface area contributed by atoms with Gasteiger partial charge in [-0.25, -0.2) is 14.4 Å². The number of rotatable bonds is 19. The summed E-state index contributed by atoms with van der Waals surface area (Å²) in [6.45, 7) is 11.5. The van der Waals surface area contributed by atoms with Gasteiger partial charge in [-0.3, -0.25) is 0 Å². The van der Waals surface area contributed by atoms with Crippen LogP contribution < -0.4 is 14.2 Å². The molecule has 43 heavy (non-hydrogen) atoms. The highest BCUT2D eigenvalue weighted by molar-refractivity contribution is 5.91. The van der Waals surface area contributed by atoms with E-state index in [2.05, 4.69) is 27.0 Å². The molecule has 0 aromatic heterocycles. The van der Waals surface area contributed by atoms with Crippen molar-refractivity contribution in [2.75, 3.05) is 0 Å². The molecule has 232 valence electrons. The van der Waals surface area contributed by atoms with Crippen LogP contribution in [0.1, 0.15) is 94.8 Å². The zero-order valence-corrected chi connectivity index (χ0v) is 25.4. The molecule has 3 atom stereocenters. The van der Waals surface area contributed by atoms with Gasteiger partial charge < -0.3 is 23.7 Å². The van der Waals surface area contributed by atoms with Crippen LogP contribution in [0.5, 0.6) is 17.2 Å². The van der Waals surface area contributed by atoms with Gasteiger partial charge in [-0.2, -0.15) is 0 Å². The van der Waals surface area contributed by atoms with Crippen molar-refractivity contribution in [3.63, 3.8) is 0 Å². The van der Waals surface area contributed by atoms with Crippen molar-refractivity contribution in [1.29, 1.82) is 0 Å². The number of hydrogen-bond donors (Lipinski definition) is 0. The third-order valence-electron chi connectivity index (χ3n) is 7.14. The molecular weight excluding hydrogens is 548 g/mol. The summed E-state index contributed by atoms with van der Waals surface area (Å²) in [6.07, 6.45) is 9.90. The van der Waals surface area contributed by atoms with E-state index in [0.29, 0.717) is 41.2 Å². The Morgan fingerprint density at radius 1 is 0.860 bits per heavy atom. The van der Waals surface area contributed by atoms with Crippen molar-refractivity contribution in [3.8, 4) is 17.2 Å². The molecule has 1 saturated heterocycles. The van der Waals surface area contributed by atoms with Crippen molar-refractivity contribution in [1.82, 2.24) is 0 Å². The maximum atomic E-state index is 12.8. The van der Waals surface area contributed by atoms with Crippen molar-refractivity contribution in [3.05, 3.63) is 78.9 Å². The number of benzene rings is 2. The molecule has 0 bridgehead atoms. The van der Waals surface area contributed by atoms with E-state index < -0.39 is 18.2 Å². The normalized spacial score (nSPS) is 15.7. The predicted molar refractivity (Wildman–Crippen MR) is 164 cm³/mol. The summed E-state index contributed by atoms with van der Waals surface area (Å²) in [5, 5.41) is 0. The van der Waals surface area contributed by atoms with Crippen LogP contribution in [0.2, 0.25) is 0 Å². The average Bonchev–Trinajstić information content (AvgIpc) is 3.35. The van der Waals surface area contributed by atoms with Gasteiger partial charge in [0.2, 0.25) is 6.29 Å². The lowest BCUT2D eigenvalue weighted by atomic mass is 10.0. The highest BCUT2D eigenvalue weighted by Crippen LogP contribution is 2.28. The Hall–Kier alpha value is -4.07. The molecule has 0 saturated carbocycles. The number of carbonyl (C=O) groups is 3. The number of carbonyl (C=O) groups excluding carboxylic acids is 3. The second-order valence-electron chi connectivity index (χ2n) is 10.7. The third-order valence-corrected chi connectivity index (χ3v) is 7.14. The number of esters is 3. The lowest BCUT2D eigenvalue weighted by Gasteiger charge is -2.24. The van der Waals surface area contributed by atoms with Crippen LogP contribution in [0.4, 0.5) is 0 Å². The summed E-state index contributed by atoms with van der Waals surface area (Å²) in [4.78, 5) is 36.4. The Balaban J connectivity index is 1.56. The highest BCUT2D eigenvalue weighted by atomic mass is 16.7. The van der Waals surface area contributed by atoms with Gasteiger partial charge in [-0.1, -0.05) is 65.5 Å². The minimum atomic E-state index is -0.730. The van der Waals surface area contributed by atoms with Gasteiger partial charge in [0.1, 0.15) is 29.5 Å². The van der Waals surface area contributed by atoms with Gasteiger partial charge in [0.15, 0.2) is 0 Å². The van der Waals surface area contributed by atoms with Gasteiger partial charge in [0.05, 0.1) is 5.56 Å². The molecule has 8 nitrogen and oxygen atoms in total. The topological polar surface area (TPSA) is 97.4 Å². The molecule has 3 rings (SSSR count). The second kappa shape index (κ2) is 17.8. The first kappa shape index (κ1) is 33.4. The minimum Gasteiger partial charge on any atom is -0.487 e. The van der Waals surface area contributed by atoms with Crippen LogP contribution in [-0.2, 0) is 19.1 Å². The number of unbranched alkanes of at least 4 members (excludes halogenated alkanes) is 6. The summed E-state index contributed by atoms with van der Waals surface area (Å²) < 4.78 is 28.5. The van der Waals surface area contributed by atoms with E-state index in [-0.39, 0.29) is 18.2 Å². The molecule has 0 N–H and O–H groups in total. The maximum absolute atomic E-state index is 12.8. The van der Waals surface area contributed by atoms with E-state index in [1.54, 1.807) is 48.5 Å². The smallest absolute Gasteiger partial charge is 0.343 e. The average molecular weight is 593 g/mol. The largest absolute Gasteiger partial charge is 0.487 e. The molecule has 2 aromatic rings. The predicted octanol–water partition coefficient (Wildman–Crippen LogP) is 7.90. The molecule has 1 fully saturated rings. The molecular formula is C35H44O8. The van der Waals surface area contributed by atoms with Crippen molar-refractivity contribution in [2.24, 2.45) is 0 Å². The minimum absolute atomic E-state index is 0.296. The zero-order valence-electron chi connectivity index (χ0n) is 25.4. The first-order chi connectivity index (χ1) is 20.8. The lowest BCUT2D eigenvalue weighted by molar-refractivity contribution is -0.158. The molecule has 3 unspecified atom stereocenters. The monoisotopic (exact) mass is 592 g/mol. The van der Waals surface area contributed by atoms with E-state index in [9.17, 15) is 14.4 Å². The van der Waals surface area contributed by atoms with Crippen LogP contribution in [0, 0.1) is 0 Å². The molecule has 0 aliphatic carbocycles. The Bertz CT molecular complexity index is 1190. The van der Waals surface area contributed by atoms with Crippen molar-refractivity contribution >= 4 is 17.9 Å². The van der Waals surface area contributed by atoms with Crippen LogP contribution in [-0.4, -0.2) is 36.4 Å². The fourth-order valence-electron chi connectivity index (χ4n) is 4.69. The number of ether oxygens (including phenoxy) is 5. The first-order valence-electron chi connectivity index (χ1n) is 15.3. The van der Waals surface area contributed by atoms with Crippen LogP contribution >= 0.6 is 0 Å². The molecule has 0 amide bonds. The number of cyclic esters (lactones) is 1. The van der Waals surface area contributed by atoms with E-state index in [1.165, 1.54) is 0 Å². The summed E-state index contributed by atoms with van der Waals surface area (Å²) >= 11 is 0. The van der Waals surface area contributed by atoms with E-state index >= 15 is 0 Å². The summed E-state index contributed by atoms with van der Waals surface area (Å²) in [5.41, 5.74) is 0.819. The van der Waals surface area contributed by atoms with Crippen molar-refractivity contribution < 1.29 is 38.1 Å². The van der Waals surface area contributed by atoms with E-state index in [0.717, 1.165) is 63.9 Å². The van der Waals surface area contributed by atoms with Gasteiger partial charge in [-0.05, 0) is 67.8 Å². The van der Waals surface area contributed by atoms with Crippen molar-refractivity contribution in [2.45, 2.75) is 103 Å². The maximum Gasteiger partial charge on any atom is 0.343 e. The molecule has 1 aliphatic rings. The number of hydrogen-bond acceptors (Lipinski definition) is 8. The Kier molecular flexibility index (Phi) is 13.8. The highest BCUT2D eigenvalue weighted by Gasteiger charge is 2.35. The van der Waals surface area contributed by atoms with Crippen LogP contribution in [0.3, 0.4) is 0 Å². The Morgan fingerprint density at radius 2 is 1.44 bits per heavy atom. The molecule has 0 spiro atoms. The van der Waals surface area contributed by atoms with E-state index in [4.69, 9.17) is 23.7 Å².